The first-order chi connectivity index (χ1) is 15.2. The van der Waals surface area contributed by atoms with E-state index in [0.29, 0.717) is 0 Å². The molecule has 0 saturated carbocycles. The van der Waals surface area contributed by atoms with Crippen molar-refractivity contribution in [3.8, 4) is 0 Å². The van der Waals surface area contributed by atoms with Gasteiger partial charge in [-0.05, 0) is 30.7 Å². The monoisotopic (exact) mass is 436 g/mol. The molecule has 0 radical (unpaired) electrons. The highest BCUT2D eigenvalue weighted by atomic mass is 19.1. The van der Waals surface area contributed by atoms with E-state index >= 15 is 0 Å². The number of amides is 3. The molecule has 2 aliphatic rings. The van der Waals surface area contributed by atoms with Crippen molar-refractivity contribution in [3.63, 3.8) is 0 Å². The number of aliphatic carboxylic acids is 1. The van der Waals surface area contributed by atoms with E-state index < -0.39 is 52.9 Å². The van der Waals surface area contributed by atoms with Crippen molar-refractivity contribution in [2.24, 2.45) is 11.8 Å². The standard InChI is InChI=1S/C24H21FN2O5/c1-24(23(31)32)19-18(21(29)26(2)22(19)30)17(12-11-14-7-4-3-5-8-14)27(24)20(28)15-9-6-10-16(25)13-15/h3-13,17-19H,1-2H3,(H,31,32). The van der Waals surface area contributed by atoms with Crippen LogP contribution in [0.2, 0.25) is 0 Å². The summed E-state index contributed by atoms with van der Waals surface area (Å²) in [5.41, 5.74) is -1.29. The Bertz CT molecular complexity index is 1150. The number of imide groups is 1. The van der Waals surface area contributed by atoms with E-state index in [4.69, 9.17) is 0 Å². The number of carboxylic acid groups (broad SMARTS) is 1. The SMILES string of the molecule is CN1C(=O)C2C(C=Cc3ccccc3)N(C(=O)c3cccc(F)c3)C(C)(C(=O)O)C2C1=O. The Morgan fingerprint density at radius 2 is 1.75 bits per heavy atom. The van der Waals surface area contributed by atoms with Crippen molar-refractivity contribution in [1.29, 1.82) is 0 Å². The molecule has 7 nitrogen and oxygen atoms in total. The van der Waals surface area contributed by atoms with E-state index in [1.165, 1.54) is 32.2 Å². The van der Waals surface area contributed by atoms with Gasteiger partial charge in [-0.3, -0.25) is 19.3 Å². The van der Waals surface area contributed by atoms with Crippen LogP contribution < -0.4 is 0 Å². The minimum atomic E-state index is -2.00. The quantitative estimate of drug-likeness (QED) is 0.743. The molecule has 1 N–H and O–H groups in total. The Labute approximate surface area is 183 Å². The molecule has 164 valence electrons. The summed E-state index contributed by atoms with van der Waals surface area (Å²) in [6.07, 6.45) is 3.25. The van der Waals surface area contributed by atoms with Crippen molar-refractivity contribution in [2.75, 3.05) is 7.05 Å². The second-order valence-electron chi connectivity index (χ2n) is 8.14. The summed E-state index contributed by atoms with van der Waals surface area (Å²) in [5.74, 6) is -6.37. The van der Waals surface area contributed by atoms with E-state index in [1.54, 1.807) is 12.2 Å². The van der Waals surface area contributed by atoms with Gasteiger partial charge in [-0.1, -0.05) is 48.6 Å². The second kappa shape index (κ2) is 7.71. The molecule has 4 rings (SSSR count). The lowest BCUT2D eigenvalue weighted by Crippen LogP contribution is -2.58. The summed E-state index contributed by atoms with van der Waals surface area (Å²) in [6.45, 7) is 1.27. The van der Waals surface area contributed by atoms with E-state index in [2.05, 4.69) is 0 Å². The average Bonchev–Trinajstić information content (AvgIpc) is 3.18. The molecule has 0 bridgehead atoms. The van der Waals surface area contributed by atoms with Gasteiger partial charge in [0, 0.05) is 12.6 Å². The molecule has 4 unspecified atom stereocenters. The molecular formula is C24H21FN2O5. The number of nitrogens with zero attached hydrogens (tertiary/aromatic N) is 2. The van der Waals surface area contributed by atoms with Crippen LogP contribution in [0.4, 0.5) is 4.39 Å². The number of benzene rings is 2. The number of carboxylic acids is 1. The van der Waals surface area contributed by atoms with Crippen LogP contribution in [0.3, 0.4) is 0 Å². The molecular weight excluding hydrogens is 415 g/mol. The van der Waals surface area contributed by atoms with Gasteiger partial charge in [0.25, 0.3) is 5.91 Å². The highest BCUT2D eigenvalue weighted by Gasteiger charge is 2.70. The van der Waals surface area contributed by atoms with E-state index in [9.17, 15) is 28.7 Å². The molecule has 2 aliphatic heterocycles. The third-order valence-corrected chi connectivity index (χ3v) is 6.35. The first-order valence-electron chi connectivity index (χ1n) is 10.0. The van der Waals surface area contributed by atoms with Gasteiger partial charge in [0.15, 0.2) is 5.54 Å². The van der Waals surface area contributed by atoms with Gasteiger partial charge >= 0.3 is 5.97 Å². The summed E-state index contributed by atoms with van der Waals surface area (Å²) in [6, 6.07) is 13.0. The van der Waals surface area contributed by atoms with Crippen molar-refractivity contribution >= 4 is 29.8 Å². The third kappa shape index (κ3) is 3.10. The Kier molecular flexibility index (Phi) is 5.16. The van der Waals surface area contributed by atoms with Crippen LogP contribution in [0.15, 0.2) is 60.7 Å². The van der Waals surface area contributed by atoms with E-state index in [0.717, 1.165) is 21.4 Å². The van der Waals surface area contributed by atoms with Crippen molar-refractivity contribution in [1.82, 2.24) is 9.80 Å². The van der Waals surface area contributed by atoms with E-state index in [-0.39, 0.29) is 5.56 Å². The van der Waals surface area contributed by atoms with Crippen LogP contribution in [0.1, 0.15) is 22.8 Å². The molecule has 0 aliphatic carbocycles. The molecule has 2 aromatic carbocycles. The molecule has 2 aromatic rings. The summed E-state index contributed by atoms with van der Waals surface area (Å²) in [5, 5.41) is 10.2. The van der Waals surface area contributed by atoms with Crippen molar-refractivity contribution < 1.29 is 28.7 Å². The molecule has 0 spiro atoms. The maximum absolute atomic E-state index is 13.8. The zero-order valence-electron chi connectivity index (χ0n) is 17.4. The predicted molar refractivity (Wildman–Crippen MR) is 113 cm³/mol. The van der Waals surface area contributed by atoms with Crippen LogP contribution in [0.5, 0.6) is 0 Å². The van der Waals surface area contributed by atoms with Crippen LogP contribution in [0, 0.1) is 17.7 Å². The fraction of sp³-hybridized carbons (Fsp3) is 0.250. The highest BCUT2D eigenvalue weighted by molar-refractivity contribution is 6.11. The van der Waals surface area contributed by atoms with Crippen LogP contribution in [0.25, 0.3) is 6.08 Å². The lowest BCUT2D eigenvalue weighted by molar-refractivity contribution is -0.154. The molecule has 2 fully saturated rings. The second-order valence-corrected chi connectivity index (χ2v) is 8.14. The number of carbonyl (C=O) groups excluding carboxylic acids is 3. The predicted octanol–water partition coefficient (Wildman–Crippen LogP) is 2.44. The number of fused-ring (bicyclic) bond motifs is 1. The number of hydrogen-bond donors (Lipinski definition) is 1. The van der Waals surface area contributed by atoms with Gasteiger partial charge in [-0.2, -0.15) is 0 Å². The number of rotatable bonds is 4. The largest absolute Gasteiger partial charge is 0.479 e. The van der Waals surface area contributed by atoms with Crippen LogP contribution in [-0.2, 0) is 14.4 Å². The van der Waals surface area contributed by atoms with Crippen molar-refractivity contribution in [3.05, 3.63) is 77.6 Å². The van der Waals surface area contributed by atoms with Gasteiger partial charge in [0.2, 0.25) is 11.8 Å². The Morgan fingerprint density at radius 1 is 1.06 bits per heavy atom. The zero-order chi connectivity index (χ0) is 23.2. The summed E-state index contributed by atoms with van der Waals surface area (Å²) < 4.78 is 13.8. The Hall–Kier alpha value is -3.81. The Morgan fingerprint density at radius 3 is 2.38 bits per heavy atom. The zero-order valence-corrected chi connectivity index (χ0v) is 17.4. The summed E-state index contributed by atoms with van der Waals surface area (Å²) in [7, 11) is 1.31. The maximum atomic E-state index is 13.8. The number of halogens is 1. The van der Waals surface area contributed by atoms with Gasteiger partial charge in [0.05, 0.1) is 17.9 Å². The normalized spacial score (nSPS) is 27.3. The molecule has 0 aromatic heterocycles. The van der Waals surface area contributed by atoms with Crippen LogP contribution in [-0.4, -0.2) is 57.2 Å². The highest BCUT2D eigenvalue weighted by Crippen LogP contribution is 2.49. The molecule has 8 heteroatoms. The fourth-order valence-corrected chi connectivity index (χ4v) is 4.71. The number of hydrogen-bond acceptors (Lipinski definition) is 4. The van der Waals surface area contributed by atoms with Gasteiger partial charge in [0.1, 0.15) is 5.82 Å². The topological polar surface area (TPSA) is 95.0 Å². The lowest BCUT2D eigenvalue weighted by Gasteiger charge is -2.37. The average molecular weight is 436 g/mol. The summed E-state index contributed by atoms with van der Waals surface area (Å²) in [4.78, 5) is 53.8. The minimum absolute atomic E-state index is 0.0659. The maximum Gasteiger partial charge on any atom is 0.330 e. The van der Waals surface area contributed by atoms with Crippen molar-refractivity contribution in [2.45, 2.75) is 18.5 Å². The third-order valence-electron chi connectivity index (χ3n) is 6.35. The molecule has 3 amide bonds. The van der Waals surface area contributed by atoms with Gasteiger partial charge < -0.3 is 10.0 Å². The van der Waals surface area contributed by atoms with Crippen LogP contribution >= 0.6 is 0 Å². The molecule has 4 atom stereocenters. The lowest BCUT2D eigenvalue weighted by atomic mass is 9.81. The smallest absolute Gasteiger partial charge is 0.330 e. The first kappa shape index (κ1) is 21.4. The summed E-state index contributed by atoms with van der Waals surface area (Å²) >= 11 is 0. The van der Waals surface area contributed by atoms with Gasteiger partial charge in [-0.25, -0.2) is 9.18 Å². The molecule has 2 saturated heterocycles. The number of carbonyl (C=O) groups is 4. The van der Waals surface area contributed by atoms with E-state index in [1.807, 2.05) is 30.3 Å². The molecule has 32 heavy (non-hydrogen) atoms. The minimum Gasteiger partial charge on any atom is -0.479 e. The fourth-order valence-electron chi connectivity index (χ4n) is 4.71. The molecule has 2 heterocycles. The first-order valence-corrected chi connectivity index (χ1v) is 10.0. The number of likely N-dealkylation sites (tertiary alicyclic amines) is 2. The van der Waals surface area contributed by atoms with Gasteiger partial charge in [-0.15, -0.1) is 0 Å². The Balaban J connectivity index is 1.88.